The maximum atomic E-state index is 6.34. The quantitative estimate of drug-likeness (QED) is 0.899. The summed E-state index contributed by atoms with van der Waals surface area (Å²) < 4.78 is 0. The Hall–Kier alpha value is -0.440. The minimum Gasteiger partial charge on any atom is -0.370 e. The number of anilines is 1. The number of nitrogens with one attached hydrogen (secondary N) is 1. The molecule has 1 aromatic rings. The van der Waals surface area contributed by atoms with Gasteiger partial charge in [-0.25, -0.2) is 0 Å². The molecule has 0 bridgehead atoms. The van der Waals surface area contributed by atoms with Crippen molar-refractivity contribution in [2.24, 2.45) is 5.92 Å². The summed E-state index contributed by atoms with van der Waals surface area (Å²) in [5.41, 5.74) is 2.11. The van der Waals surface area contributed by atoms with Gasteiger partial charge >= 0.3 is 0 Å². The second-order valence-corrected chi connectivity index (χ2v) is 6.53. The van der Waals surface area contributed by atoms with Crippen LogP contribution in [0.4, 0.5) is 5.69 Å². The van der Waals surface area contributed by atoms with Crippen molar-refractivity contribution in [2.45, 2.75) is 33.2 Å². The fourth-order valence-electron chi connectivity index (χ4n) is 2.50. The number of hydrogen-bond acceptors (Lipinski definition) is 2. The van der Waals surface area contributed by atoms with Crippen LogP contribution in [-0.4, -0.2) is 25.7 Å². The van der Waals surface area contributed by atoms with E-state index in [9.17, 15) is 0 Å². The zero-order valence-electron chi connectivity index (χ0n) is 11.8. The fraction of sp³-hybridized carbons (Fsp3) is 0.600. The predicted molar refractivity (Wildman–Crippen MR) is 84.7 cm³/mol. The number of aryl methyl sites for hydroxylation is 1. The lowest BCUT2D eigenvalue weighted by Crippen LogP contribution is -2.30. The minimum absolute atomic E-state index is 0.548. The molecule has 1 N–H and O–H groups in total. The standard InChI is InChI=1S/C15H22Cl2N2/c1-10(2)18-8-12-4-5-19(9-12)15-7-13(16)11(3)6-14(15)17/h6-7,10,12,18H,4-5,8-9H2,1-3H3. The van der Waals surface area contributed by atoms with E-state index in [-0.39, 0.29) is 0 Å². The van der Waals surface area contributed by atoms with Crippen LogP contribution in [-0.2, 0) is 0 Å². The molecule has 0 saturated carbocycles. The number of benzene rings is 1. The average molecular weight is 301 g/mol. The Morgan fingerprint density at radius 1 is 1.32 bits per heavy atom. The summed E-state index contributed by atoms with van der Waals surface area (Å²) in [5.74, 6) is 0.693. The Labute approximate surface area is 126 Å². The van der Waals surface area contributed by atoms with E-state index in [0.29, 0.717) is 12.0 Å². The number of rotatable bonds is 4. The molecule has 0 amide bonds. The van der Waals surface area contributed by atoms with Gasteiger partial charge in [0.05, 0.1) is 10.7 Å². The van der Waals surface area contributed by atoms with Crippen LogP contribution >= 0.6 is 23.2 Å². The maximum absolute atomic E-state index is 6.34. The highest BCUT2D eigenvalue weighted by atomic mass is 35.5. The summed E-state index contributed by atoms with van der Waals surface area (Å²) in [6.45, 7) is 9.54. The van der Waals surface area contributed by atoms with Crippen LogP contribution < -0.4 is 10.2 Å². The molecule has 0 aliphatic carbocycles. The van der Waals surface area contributed by atoms with Gasteiger partial charge in [-0.1, -0.05) is 37.0 Å². The Balaban J connectivity index is 2.02. The Bertz CT molecular complexity index is 446. The third-order valence-electron chi connectivity index (χ3n) is 3.67. The number of nitrogens with zero attached hydrogens (tertiary/aromatic N) is 1. The highest BCUT2D eigenvalue weighted by molar-refractivity contribution is 6.35. The second-order valence-electron chi connectivity index (χ2n) is 5.72. The zero-order chi connectivity index (χ0) is 14.0. The molecule has 0 spiro atoms. The van der Waals surface area contributed by atoms with Gasteiger partial charge in [0.15, 0.2) is 0 Å². The topological polar surface area (TPSA) is 15.3 Å². The largest absolute Gasteiger partial charge is 0.370 e. The SMILES string of the molecule is Cc1cc(Cl)c(N2CCC(CNC(C)C)C2)cc1Cl. The van der Waals surface area contributed by atoms with Crippen molar-refractivity contribution in [1.29, 1.82) is 0 Å². The lowest BCUT2D eigenvalue weighted by Gasteiger charge is -2.21. The van der Waals surface area contributed by atoms with Crippen LogP contribution in [0.3, 0.4) is 0 Å². The van der Waals surface area contributed by atoms with Gasteiger partial charge in [0.2, 0.25) is 0 Å². The van der Waals surface area contributed by atoms with Gasteiger partial charge < -0.3 is 10.2 Å². The van der Waals surface area contributed by atoms with E-state index in [1.54, 1.807) is 0 Å². The van der Waals surface area contributed by atoms with Gasteiger partial charge in [-0.3, -0.25) is 0 Å². The van der Waals surface area contributed by atoms with Crippen LogP contribution in [0.5, 0.6) is 0 Å². The first-order chi connectivity index (χ1) is 8.97. The molecule has 19 heavy (non-hydrogen) atoms. The molecule has 2 rings (SSSR count). The summed E-state index contributed by atoms with van der Waals surface area (Å²) in [6.07, 6.45) is 1.21. The monoisotopic (exact) mass is 300 g/mol. The van der Waals surface area contributed by atoms with Gasteiger partial charge in [0.1, 0.15) is 0 Å². The first kappa shape index (κ1) is 15.0. The fourth-order valence-corrected chi connectivity index (χ4v) is 2.99. The summed E-state index contributed by atoms with van der Waals surface area (Å²) in [7, 11) is 0. The van der Waals surface area contributed by atoms with E-state index in [1.807, 2.05) is 19.1 Å². The molecule has 1 atom stereocenters. The molecule has 0 aromatic heterocycles. The first-order valence-electron chi connectivity index (χ1n) is 6.91. The lowest BCUT2D eigenvalue weighted by atomic mass is 10.1. The zero-order valence-corrected chi connectivity index (χ0v) is 13.4. The van der Waals surface area contributed by atoms with Gasteiger partial charge in [-0.05, 0) is 43.5 Å². The van der Waals surface area contributed by atoms with E-state index in [0.717, 1.165) is 40.9 Å². The van der Waals surface area contributed by atoms with E-state index in [1.165, 1.54) is 6.42 Å². The van der Waals surface area contributed by atoms with Crippen molar-refractivity contribution in [2.75, 3.05) is 24.5 Å². The summed E-state index contributed by atoms with van der Waals surface area (Å²) in [4.78, 5) is 2.35. The highest BCUT2D eigenvalue weighted by Gasteiger charge is 2.24. The highest BCUT2D eigenvalue weighted by Crippen LogP contribution is 2.34. The molecule has 2 nitrogen and oxygen atoms in total. The Morgan fingerprint density at radius 3 is 2.74 bits per heavy atom. The molecule has 1 heterocycles. The normalized spacial score (nSPS) is 19.5. The number of hydrogen-bond donors (Lipinski definition) is 1. The van der Waals surface area contributed by atoms with E-state index in [4.69, 9.17) is 23.2 Å². The molecule has 4 heteroatoms. The molecule has 106 valence electrons. The molecular weight excluding hydrogens is 279 g/mol. The first-order valence-corrected chi connectivity index (χ1v) is 7.67. The summed E-state index contributed by atoms with van der Waals surface area (Å²) in [5, 5.41) is 5.11. The van der Waals surface area contributed by atoms with Gasteiger partial charge in [0.25, 0.3) is 0 Å². The van der Waals surface area contributed by atoms with Crippen molar-refractivity contribution in [3.63, 3.8) is 0 Å². The van der Waals surface area contributed by atoms with E-state index < -0.39 is 0 Å². The molecule has 1 fully saturated rings. The van der Waals surface area contributed by atoms with Crippen LogP contribution in [0.2, 0.25) is 10.0 Å². The van der Waals surface area contributed by atoms with Crippen LogP contribution in [0.15, 0.2) is 12.1 Å². The molecule has 1 saturated heterocycles. The molecule has 1 aliphatic heterocycles. The van der Waals surface area contributed by atoms with Crippen LogP contribution in [0, 0.1) is 12.8 Å². The maximum Gasteiger partial charge on any atom is 0.0643 e. The van der Waals surface area contributed by atoms with Crippen molar-refractivity contribution >= 4 is 28.9 Å². The average Bonchev–Trinajstić information content (AvgIpc) is 2.80. The molecule has 1 unspecified atom stereocenters. The van der Waals surface area contributed by atoms with Crippen molar-refractivity contribution in [3.8, 4) is 0 Å². The molecule has 1 aliphatic rings. The van der Waals surface area contributed by atoms with E-state index in [2.05, 4.69) is 24.1 Å². The van der Waals surface area contributed by atoms with Crippen molar-refractivity contribution in [1.82, 2.24) is 5.32 Å². The van der Waals surface area contributed by atoms with Gasteiger partial charge in [-0.15, -0.1) is 0 Å². The predicted octanol–water partition coefficient (Wildman–Crippen LogP) is 4.13. The van der Waals surface area contributed by atoms with Crippen molar-refractivity contribution < 1.29 is 0 Å². The van der Waals surface area contributed by atoms with Crippen molar-refractivity contribution in [3.05, 3.63) is 27.7 Å². The summed E-state index contributed by atoms with van der Waals surface area (Å²) in [6, 6.07) is 4.50. The Kier molecular flexibility index (Phi) is 4.99. The molecule has 0 radical (unpaired) electrons. The summed E-state index contributed by atoms with van der Waals surface area (Å²) >= 11 is 12.5. The van der Waals surface area contributed by atoms with E-state index >= 15 is 0 Å². The van der Waals surface area contributed by atoms with Gasteiger partial charge in [-0.2, -0.15) is 0 Å². The third kappa shape index (κ3) is 3.77. The molecular formula is C15H22Cl2N2. The lowest BCUT2D eigenvalue weighted by molar-refractivity contribution is 0.480. The second kappa shape index (κ2) is 6.34. The van der Waals surface area contributed by atoms with Crippen LogP contribution in [0.25, 0.3) is 0 Å². The van der Waals surface area contributed by atoms with Gasteiger partial charge in [0, 0.05) is 24.2 Å². The third-order valence-corrected chi connectivity index (χ3v) is 4.38. The number of halogens is 2. The molecule has 1 aromatic carbocycles. The van der Waals surface area contributed by atoms with Crippen LogP contribution in [0.1, 0.15) is 25.8 Å². The Morgan fingerprint density at radius 2 is 2.05 bits per heavy atom. The minimum atomic E-state index is 0.548. The smallest absolute Gasteiger partial charge is 0.0643 e.